The predicted molar refractivity (Wildman–Crippen MR) is 107 cm³/mol. The van der Waals surface area contributed by atoms with Crippen molar-refractivity contribution in [2.45, 2.75) is 50.1 Å². The van der Waals surface area contributed by atoms with Gasteiger partial charge in [-0.2, -0.15) is 13.2 Å². The molecule has 0 radical (unpaired) electrons. The summed E-state index contributed by atoms with van der Waals surface area (Å²) in [7, 11) is 0. The van der Waals surface area contributed by atoms with Gasteiger partial charge in [0.1, 0.15) is 0 Å². The van der Waals surface area contributed by atoms with Crippen LogP contribution in [-0.2, 0) is 17.9 Å². The van der Waals surface area contributed by atoms with E-state index in [2.05, 4.69) is 16.8 Å². The minimum atomic E-state index is -4.88. The van der Waals surface area contributed by atoms with Gasteiger partial charge in [-0.05, 0) is 30.4 Å². The molecule has 154 valence electrons. The van der Waals surface area contributed by atoms with Crippen LogP contribution >= 0.6 is 0 Å². The molecule has 6 heteroatoms. The smallest absolute Gasteiger partial charge is 0.342 e. The number of carbonyl (C=O) groups is 1. The Hall–Kier alpha value is -2.60. The molecule has 1 aliphatic carbocycles. The molecule has 2 aromatic rings. The highest BCUT2D eigenvalue weighted by Crippen LogP contribution is 2.40. The van der Waals surface area contributed by atoms with Gasteiger partial charge in [-0.15, -0.1) is 6.58 Å². The van der Waals surface area contributed by atoms with Crippen molar-refractivity contribution in [2.24, 2.45) is 0 Å². The van der Waals surface area contributed by atoms with Gasteiger partial charge in [-0.1, -0.05) is 66.7 Å². The molecule has 1 N–H and O–H groups in total. The molecule has 0 bridgehead atoms. The Labute approximate surface area is 169 Å². The molecule has 1 saturated carbocycles. The summed E-state index contributed by atoms with van der Waals surface area (Å²) in [5, 5.41) is 2.22. The summed E-state index contributed by atoms with van der Waals surface area (Å²) in [6.45, 7) is 5.04. The van der Waals surface area contributed by atoms with Gasteiger partial charge in [0.15, 0.2) is 0 Å². The number of alkyl halides is 3. The van der Waals surface area contributed by atoms with Gasteiger partial charge in [-0.3, -0.25) is 9.69 Å². The van der Waals surface area contributed by atoms with Crippen LogP contribution in [0.2, 0.25) is 0 Å². The molecule has 29 heavy (non-hydrogen) atoms. The first-order chi connectivity index (χ1) is 13.8. The van der Waals surface area contributed by atoms with Crippen molar-refractivity contribution in [3.63, 3.8) is 0 Å². The molecule has 1 amide bonds. The van der Waals surface area contributed by atoms with Crippen LogP contribution in [0.3, 0.4) is 0 Å². The van der Waals surface area contributed by atoms with Crippen molar-refractivity contribution in [1.29, 1.82) is 0 Å². The molecular weight excluding hydrogens is 377 g/mol. The van der Waals surface area contributed by atoms with E-state index in [1.54, 1.807) is 6.08 Å². The summed E-state index contributed by atoms with van der Waals surface area (Å²) in [4.78, 5) is 13.8. The molecule has 0 aliphatic heterocycles. The van der Waals surface area contributed by atoms with Crippen molar-refractivity contribution in [3.05, 3.63) is 84.4 Å². The number of rotatable bonds is 8. The van der Waals surface area contributed by atoms with Gasteiger partial charge >= 0.3 is 12.1 Å². The second-order valence-electron chi connectivity index (χ2n) is 7.66. The van der Waals surface area contributed by atoms with Crippen molar-refractivity contribution in [3.8, 4) is 0 Å². The number of amides is 1. The van der Waals surface area contributed by atoms with Crippen molar-refractivity contribution >= 4 is 5.91 Å². The summed E-state index contributed by atoms with van der Waals surface area (Å²) >= 11 is 0. The Morgan fingerprint density at radius 1 is 1.03 bits per heavy atom. The summed E-state index contributed by atoms with van der Waals surface area (Å²) in [5.41, 5.74) is 1.40. The first-order valence-electron chi connectivity index (χ1n) is 9.63. The number of nitrogens with zero attached hydrogens (tertiary/aromatic N) is 1. The molecule has 2 aromatic carbocycles. The Morgan fingerprint density at radius 3 is 1.93 bits per heavy atom. The van der Waals surface area contributed by atoms with Crippen molar-refractivity contribution < 1.29 is 18.0 Å². The van der Waals surface area contributed by atoms with Crippen LogP contribution in [0.25, 0.3) is 0 Å². The van der Waals surface area contributed by atoms with E-state index in [1.165, 1.54) is 0 Å². The molecule has 0 aromatic heterocycles. The standard InChI is InChI=1S/C23H25F3N2O/c1-2-13-22(27-21(29)23(24,25)26)14-20(15-22)28(16-18-9-5-3-6-10-18)17-19-11-7-4-8-12-19/h2-12,20H,1,13-17H2,(H,27,29)/t20-,22-. The summed E-state index contributed by atoms with van der Waals surface area (Å²) < 4.78 is 38.3. The van der Waals surface area contributed by atoms with Gasteiger partial charge in [0, 0.05) is 24.7 Å². The highest BCUT2D eigenvalue weighted by Gasteiger charge is 2.50. The second-order valence-corrected chi connectivity index (χ2v) is 7.66. The molecule has 3 nitrogen and oxygen atoms in total. The average Bonchev–Trinajstić information content (AvgIpc) is 2.66. The van der Waals surface area contributed by atoms with Crippen LogP contribution in [-0.4, -0.2) is 28.6 Å². The zero-order chi connectivity index (χ0) is 20.9. The quantitative estimate of drug-likeness (QED) is 0.641. The first kappa shape index (κ1) is 21.1. The van der Waals surface area contributed by atoms with E-state index >= 15 is 0 Å². The second kappa shape index (κ2) is 8.82. The van der Waals surface area contributed by atoms with Crippen LogP contribution in [0, 0.1) is 0 Å². The lowest BCUT2D eigenvalue weighted by atomic mass is 9.69. The van der Waals surface area contributed by atoms with Crippen LogP contribution in [0.5, 0.6) is 0 Å². The zero-order valence-electron chi connectivity index (χ0n) is 16.2. The highest BCUT2D eigenvalue weighted by molar-refractivity contribution is 5.82. The van der Waals surface area contributed by atoms with Gasteiger partial charge in [0.25, 0.3) is 0 Å². The zero-order valence-corrected chi connectivity index (χ0v) is 16.2. The van der Waals surface area contributed by atoms with Crippen LogP contribution < -0.4 is 5.32 Å². The fourth-order valence-electron chi connectivity index (χ4n) is 3.96. The Bertz CT molecular complexity index is 774. The molecule has 1 fully saturated rings. The summed E-state index contributed by atoms with van der Waals surface area (Å²) in [5.74, 6) is -1.88. The average molecular weight is 402 g/mol. The molecule has 0 spiro atoms. The highest BCUT2D eigenvalue weighted by atomic mass is 19.4. The molecule has 3 rings (SSSR count). The Balaban J connectivity index is 1.74. The van der Waals surface area contributed by atoms with Gasteiger partial charge in [0.2, 0.25) is 0 Å². The summed E-state index contributed by atoms with van der Waals surface area (Å²) in [6, 6.07) is 20.0. The Kier molecular flexibility index (Phi) is 6.42. The fourth-order valence-corrected chi connectivity index (χ4v) is 3.96. The molecule has 0 unspecified atom stereocenters. The minimum absolute atomic E-state index is 0.0731. The number of nitrogens with one attached hydrogen (secondary N) is 1. The molecule has 1 aliphatic rings. The molecule has 0 atom stereocenters. The number of halogens is 3. The van der Waals surface area contributed by atoms with E-state index in [1.807, 2.05) is 60.7 Å². The van der Waals surface area contributed by atoms with Gasteiger partial charge in [0.05, 0.1) is 0 Å². The van der Waals surface area contributed by atoms with E-state index in [9.17, 15) is 18.0 Å². The minimum Gasteiger partial charge on any atom is -0.342 e. The van der Waals surface area contributed by atoms with E-state index in [0.29, 0.717) is 32.4 Å². The lowest BCUT2D eigenvalue weighted by molar-refractivity contribution is -0.177. The first-order valence-corrected chi connectivity index (χ1v) is 9.63. The number of hydrogen-bond acceptors (Lipinski definition) is 2. The maximum Gasteiger partial charge on any atom is 0.471 e. The molecular formula is C23H25F3N2O. The third-order valence-corrected chi connectivity index (χ3v) is 5.40. The maximum absolute atomic E-state index is 12.8. The lowest BCUT2D eigenvalue weighted by Gasteiger charge is -2.52. The fraction of sp³-hybridized carbons (Fsp3) is 0.348. The van der Waals surface area contributed by atoms with Crippen LogP contribution in [0.4, 0.5) is 13.2 Å². The number of carbonyl (C=O) groups excluding carboxylic acids is 1. The SMILES string of the molecule is C=CC[C@]1(NC(=O)C(F)(F)F)C[C@H](N(Cc2ccccc2)Cc2ccccc2)C1. The van der Waals surface area contributed by atoms with E-state index in [-0.39, 0.29) is 6.04 Å². The molecule has 0 heterocycles. The Morgan fingerprint density at radius 2 is 1.52 bits per heavy atom. The normalized spacial score (nSPS) is 21.4. The third kappa shape index (κ3) is 5.48. The van der Waals surface area contributed by atoms with Crippen LogP contribution in [0.15, 0.2) is 73.3 Å². The van der Waals surface area contributed by atoms with Gasteiger partial charge < -0.3 is 5.32 Å². The monoisotopic (exact) mass is 402 g/mol. The van der Waals surface area contributed by atoms with E-state index in [0.717, 1.165) is 11.1 Å². The molecule has 0 saturated heterocycles. The summed E-state index contributed by atoms with van der Waals surface area (Å²) in [6.07, 6.45) is -2.07. The number of hydrogen-bond donors (Lipinski definition) is 1. The van der Waals surface area contributed by atoms with E-state index in [4.69, 9.17) is 0 Å². The van der Waals surface area contributed by atoms with Gasteiger partial charge in [-0.25, -0.2) is 0 Å². The van der Waals surface area contributed by atoms with Crippen molar-refractivity contribution in [1.82, 2.24) is 10.2 Å². The maximum atomic E-state index is 12.8. The topological polar surface area (TPSA) is 32.3 Å². The predicted octanol–water partition coefficient (Wildman–Crippen LogP) is 4.84. The van der Waals surface area contributed by atoms with E-state index < -0.39 is 17.6 Å². The number of benzene rings is 2. The largest absolute Gasteiger partial charge is 0.471 e. The third-order valence-electron chi connectivity index (χ3n) is 5.40. The lowest BCUT2D eigenvalue weighted by Crippen LogP contribution is -2.64. The van der Waals surface area contributed by atoms with Crippen molar-refractivity contribution in [2.75, 3.05) is 0 Å². The van der Waals surface area contributed by atoms with Crippen LogP contribution in [0.1, 0.15) is 30.4 Å².